The molecule has 3 aromatic rings. The minimum absolute atomic E-state index is 0.102. The molecule has 1 heterocycles. The Kier molecular flexibility index (Phi) is 6.70. The monoisotopic (exact) mass is 415 g/mol. The van der Waals surface area contributed by atoms with Gasteiger partial charge in [0.05, 0.1) is 10.9 Å². The van der Waals surface area contributed by atoms with Gasteiger partial charge < -0.3 is 5.32 Å². The Labute approximate surface area is 173 Å². The van der Waals surface area contributed by atoms with Crippen LogP contribution in [0.2, 0.25) is 5.02 Å². The van der Waals surface area contributed by atoms with Crippen molar-refractivity contribution in [1.29, 1.82) is 0 Å². The number of benzene rings is 2. The van der Waals surface area contributed by atoms with Crippen molar-refractivity contribution in [3.8, 4) is 5.69 Å². The van der Waals surface area contributed by atoms with Gasteiger partial charge in [-0.05, 0) is 52.6 Å². The number of hydrogen-bond acceptors (Lipinski definition) is 5. The highest BCUT2D eigenvalue weighted by atomic mass is 35.5. The van der Waals surface area contributed by atoms with Crippen molar-refractivity contribution in [1.82, 2.24) is 25.5 Å². The van der Waals surface area contributed by atoms with E-state index in [1.165, 1.54) is 17.3 Å². The summed E-state index contributed by atoms with van der Waals surface area (Å²) in [6.45, 7) is 6.50. The van der Waals surface area contributed by atoms with Gasteiger partial charge in [-0.3, -0.25) is 4.79 Å². The molecule has 0 aliphatic heterocycles. The van der Waals surface area contributed by atoms with E-state index in [1.807, 2.05) is 37.3 Å². The smallest absolute Gasteiger partial charge is 0.233 e. The van der Waals surface area contributed by atoms with Gasteiger partial charge in [-0.1, -0.05) is 67.5 Å². The molecule has 0 bridgehead atoms. The average Bonchev–Trinajstić information content (AvgIpc) is 3.15. The number of amides is 1. The molecule has 8 heteroatoms. The Morgan fingerprint density at radius 2 is 1.86 bits per heavy atom. The molecule has 0 radical (unpaired) electrons. The van der Waals surface area contributed by atoms with Crippen LogP contribution in [0, 0.1) is 0 Å². The molecule has 1 amide bonds. The molecular weight excluding hydrogens is 394 g/mol. The van der Waals surface area contributed by atoms with Crippen molar-refractivity contribution in [2.45, 2.75) is 43.6 Å². The fraction of sp³-hybridized carbons (Fsp3) is 0.300. The van der Waals surface area contributed by atoms with Crippen LogP contribution >= 0.6 is 23.4 Å². The lowest BCUT2D eigenvalue weighted by molar-refractivity contribution is -0.120. The van der Waals surface area contributed by atoms with Crippen LogP contribution in [0.4, 0.5) is 0 Å². The summed E-state index contributed by atoms with van der Waals surface area (Å²) in [6, 6.07) is 15.5. The molecule has 0 aliphatic rings. The number of halogens is 1. The Balaban J connectivity index is 1.64. The van der Waals surface area contributed by atoms with Gasteiger partial charge in [0.25, 0.3) is 0 Å². The molecule has 0 saturated carbocycles. The minimum Gasteiger partial charge on any atom is -0.351 e. The second kappa shape index (κ2) is 9.21. The van der Waals surface area contributed by atoms with E-state index in [4.69, 9.17) is 11.6 Å². The van der Waals surface area contributed by atoms with Crippen LogP contribution in [0.1, 0.15) is 37.8 Å². The van der Waals surface area contributed by atoms with Gasteiger partial charge in [0.15, 0.2) is 0 Å². The molecule has 28 heavy (non-hydrogen) atoms. The molecule has 2 aromatic carbocycles. The van der Waals surface area contributed by atoms with Crippen LogP contribution in [-0.4, -0.2) is 31.4 Å². The Bertz CT molecular complexity index is 942. The summed E-state index contributed by atoms with van der Waals surface area (Å²) in [4.78, 5) is 12.5. The maximum atomic E-state index is 12.5. The molecule has 0 unspecified atom stereocenters. The van der Waals surface area contributed by atoms with Crippen LogP contribution < -0.4 is 5.32 Å². The van der Waals surface area contributed by atoms with Gasteiger partial charge in [-0.2, -0.15) is 4.68 Å². The van der Waals surface area contributed by atoms with Crippen molar-refractivity contribution in [2.75, 3.05) is 0 Å². The maximum Gasteiger partial charge on any atom is 0.233 e. The molecule has 1 aromatic heterocycles. The van der Waals surface area contributed by atoms with Crippen LogP contribution in [0.25, 0.3) is 5.69 Å². The Hall–Kier alpha value is -2.38. The van der Waals surface area contributed by atoms with Crippen molar-refractivity contribution in [3.05, 3.63) is 64.7 Å². The lowest BCUT2D eigenvalue weighted by Gasteiger charge is -2.12. The van der Waals surface area contributed by atoms with Crippen molar-refractivity contribution < 1.29 is 4.79 Å². The molecule has 0 aliphatic carbocycles. The third kappa shape index (κ3) is 4.91. The molecule has 1 N–H and O–H groups in total. The predicted octanol–water partition coefficient (Wildman–Crippen LogP) is 4.24. The number of nitrogens with zero attached hydrogens (tertiary/aromatic N) is 4. The molecular formula is C20H22ClN5OS. The Morgan fingerprint density at radius 1 is 1.14 bits per heavy atom. The number of nitrogens with one attached hydrogen (secondary N) is 1. The van der Waals surface area contributed by atoms with Crippen molar-refractivity contribution >= 4 is 29.3 Å². The highest BCUT2D eigenvalue weighted by Gasteiger charge is 2.19. The van der Waals surface area contributed by atoms with E-state index >= 15 is 0 Å². The van der Waals surface area contributed by atoms with E-state index in [0.717, 1.165) is 11.3 Å². The number of rotatable bonds is 7. The summed E-state index contributed by atoms with van der Waals surface area (Å²) >= 11 is 7.45. The van der Waals surface area contributed by atoms with Gasteiger partial charge >= 0.3 is 0 Å². The van der Waals surface area contributed by atoms with E-state index in [-0.39, 0.29) is 11.2 Å². The molecule has 0 saturated heterocycles. The average molecular weight is 416 g/mol. The van der Waals surface area contributed by atoms with Gasteiger partial charge in [0.2, 0.25) is 11.1 Å². The first kappa shape index (κ1) is 20.4. The largest absolute Gasteiger partial charge is 0.351 e. The summed E-state index contributed by atoms with van der Waals surface area (Å²) in [5, 5.41) is 15.7. The summed E-state index contributed by atoms with van der Waals surface area (Å²) in [6.07, 6.45) is 0. The van der Waals surface area contributed by atoms with E-state index in [2.05, 4.69) is 46.8 Å². The standard InChI is InChI=1S/C20H22ClN5OS/c1-13(2)15-8-10-17(11-9-15)26-20(23-24-25-26)28-14(3)19(27)22-12-16-6-4-5-7-18(16)21/h4-11,13-14H,12H2,1-3H3,(H,22,27)/t14-/m1/s1. The van der Waals surface area contributed by atoms with Crippen molar-refractivity contribution in [2.24, 2.45) is 0 Å². The molecule has 1 atom stereocenters. The normalized spacial score (nSPS) is 12.2. The zero-order chi connectivity index (χ0) is 20.1. The van der Waals surface area contributed by atoms with Gasteiger partial charge in [0, 0.05) is 11.6 Å². The fourth-order valence-electron chi connectivity index (χ4n) is 2.59. The van der Waals surface area contributed by atoms with Crippen LogP contribution in [-0.2, 0) is 11.3 Å². The van der Waals surface area contributed by atoms with Gasteiger partial charge in [-0.15, -0.1) is 5.10 Å². The third-order valence-electron chi connectivity index (χ3n) is 4.31. The fourth-order valence-corrected chi connectivity index (χ4v) is 3.63. The number of tetrazole rings is 1. The molecule has 146 valence electrons. The van der Waals surface area contributed by atoms with Crippen LogP contribution in [0.3, 0.4) is 0 Å². The topological polar surface area (TPSA) is 72.7 Å². The van der Waals surface area contributed by atoms with Crippen LogP contribution in [0.5, 0.6) is 0 Å². The zero-order valence-electron chi connectivity index (χ0n) is 16.0. The highest BCUT2D eigenvalue weighted by molar-refractivity contribution is 8.00. The SMILES string of the molecule is CC(C)c1ccc(-n2nnnc2S[C@H](C)C(=O)NCc2ccccc2Cl)cc1. The number of thioether (sulfide) groups is 1. The van der Waals surface area contributed by atoms with Gasteiger partial charge in [0.1, 0.15) is 0 Å². The second-order valence-electron chi connectivity index (χ2n) is 6.69. The summed E-state index contributed by atoms with van der Waals surface area (Å²) in [5.41, 5.74) is 2.99. The Morgan fingerprint density at radius 3 is 2.54 bits per heavy atom. The van der Waals surface area contributed by atoms with E-state index in [1.54, 1.807) is 10.7 Å². The first-order chi connectivity index (χ1) is 13.5. The van der Waals surface area contributed by atoms with E-state index in [0.29, 0.717) is 22.6 Å². The maximum absolute atomic E-state index is 12.5. The third-order valence-corrected chi connectivity index (χ3v) is 5.71. The molecule has 0 spiro atoms. The minimum atomic E-state index is -0.359. The summed E-state index contributed by atoms with van der Waals surface area (Å²) < 4.78 is 1.65. The first-order valence-corrected chi connectivity index (χ1v) is 10.3. The lowest BCUT2D eigenvalue weighted by Crippen LogP contribution is -2.30. The van der Waals surface area contributed by atoms with E-state index in [9.17, 15) is 4.79 Å². The number of carbonyl (C=O) groups is 1. The summed E-state index contributed by atoms with van der Waals surface area (Å²) in [7, 11) is 0. The highest BCUT2D eigenvalue weighted by Crippen LogP contribution is 2.24. The lowest BCUT2D eigenvalue weighted by atomic mass is 10.0. The van der Waals surface area contributed by atoms with Gasteiger partial charge in [-0.25, -0.2) is 0 Å². The number of aromatic nitrogens is 4. The second-order valence-corrected chi connectivity index (χ2v) is 8.40. The van der Waals surface area contributed by atoms with Crippen molar-refractivity contribution in [3.63, 3.8) is 0 Å². The predicted molar refractivity (Wildman–Crippen MR) is 112 cm³/mol. The van der Waals surface area contributed by atoms with E-state index < -0.39 is 0 Å². The molecule has 6 nitrogen and oxygen atoms in total. The van der Waals surface area contributed by atoms with Crippen LogP contribution in [0.15, 0.2) is 53.7 Å². The quantitative estimate of drug-likeness (QED) is 0.584. The molecule has 3 rings (SSSR count). The zero-order valence-corrected chi connectivity index (χ0v) is 17.5. The first-order valence-electron chi connectivity index (χ1n) is 9.02. The summed E-state index contributed by atoms with van der Waals surface area (Å²) in [5.74, 6) is 0.355. The molecule has 0 fully saturated rings. The number of hydrogen-bond donors (Lipinski definition) is 1. The number of carbonyl (C=O) groups excluding carboxylic acids is 1.